The van der Waals surface area contributed by atoms with Crippen molar-refractivity contribution in [1.82, 2.24) is 15.2 Å². The van der Waals surface area contributed by atoms with Gasteiger partial charge in [0.05, 0.1) is 12.7 Å². The molecule has 0 bridgehead atoms. The number of rotatable bonds is 5. The zero-order valence-corrected chi connectivity index (χ0v) is 13.6. The van der Waals surface area contributed by atoms with Crippen LogP contribution in [0.5, 0.6) is 0 Å². The van der Waals surface area contributed by atoms with Gasteiger partial charge in [0.1, 0.15) is 6.61 Å². The molecule has 118 valence electrons. The number of aryl methyl sites for hydroxylation is 1. The Hall–Kier alpha value is -2.21. The first-order chi connectivity index (χ1) is 10.5. The number of methoxy groups -OCH3 is 2. The highest BCUT2D eigenvalue weighted by Crippen LogP contribution is 2.29. The van der Waals surface area contributed by atoms with Crippen LogP contribution >= 0.6 is 0 Å². The number of hydrogen-bond acceptors (Lipinski definition) is 5. The first-order valence-corrected chi connectivity index (χ1v) is 7.11. The summed E-state index contributed by atoms with van der Waals surface area (Å²) in [5.41, 5.74) is 3.38. The van der Waals surface area contributed by atoms with Gasteiger partial charge in [-0.2, -0.15) is 0 Å². The van der Waals surface area contributed by atoms with Gasteiger partial charge in [-0.25, -0.2) is 4.79 Å². The van der Waals surface area contributed by atoms with Crippen molar-refractivity contribution in [3.05, 3.63) is 34.6 Å². The fourth-order valence-electron chi connectivity index (χ4n) is 2.37. The van der Waals surface area contributed by atoms with Crippen LogP contribution < -0.4 is 0 Å². The lowest BCUT2D eigenvalue weighted by Crippen LogP contribution is -2.08. The van der Waals surface area contributed by atoms with Crippen LogP contribution in [-0.4, -0.2) is 35.4 Å². The van der Waals surface area contributed by atoms with Gasteiger partial charge in [-0.05, 0) is 30.0 Å². The molecule has 2 rings (SSSR count). The third-order valence-corrected chi connectivity index (χ3v) is 3.49. The Labute approximate surface area is 129 Å². The fourth-order valence-corrected chi connectivity index (χ4v) is 2.37. The number of H-pyrrole nitrogens is 1. The molecule has 2 aromatic rings. The predicted molar refractivity (Wildman–Crippen MR) is 82.7 cm³/mol. The Kier molecular flexibility index (Phi) is 4.92. The number of ether oxygens (including phenoxy) is 2. The molecule has 0 atom stereocenters. The van der Waals surface area contributed by atoms with E-state index in [2.05, 4.69) is 15.2 Å². The van der Waals surface area contributed by atoms with Crippen LogP contribution in [0.1, 0.15) is 47.1 Å². The highest BCUT2D eigenvalue weighted by Gasteiger charge is 2.19. The minimum absolute atomic E-state index is 0.223. The van der Waals surface area contributed by atoms with E-state index < -0.39 is 0 Å². The molecule has 0 fully saturated rings. The molecule has 1 aromatic carbocycles. The lowest BCUT2D eigenvalue weighted by molar-refractivity contribution is 0.0599. The first-order valence-electron chi connectivity index (χ1n) is 7.11. The van der Waals surface area contributed by atoms with Crippen molar-refractivity contribution in [3.63, 3.8) is 0 Å². The summed E-state index contributed by atoms with van der Waals surface area (Å²) in [5.74, 6) is 1.14. The van der Waals surface area contributed by atoms with E-state index in [0.29, 0.717) is 23.8 Å². The highest BCUT2D eigenvalue weighted by molar-refractivity contribution is 5.93. The Morgan fingerprint density at radius 2 is 2.00 bits per heavy atom. The SMILES string of the molecule is COCc1nnc(-c2cc(C(=O)OC)c(C(C)C)cc2C)[nH]1. The standard InChI is InChI=1S/C16H21N3O3/c1-9(2)11-6-10(3)12(7-13(11)16(20)22-5)15-17-14(8-21-4)18-19-15/h6-7,9H,8H2,1-5H3,(H,17,18,19). The van der Waals surface area contributed by atoms with E-state index in [4.69, 9.17) is 9.47 Å². The van der Waals surface area contributed by atoms with E-state index in [1.54, 1.807) is 7.11 Å². The van der Waals surface area contributed by atoms with E-state index in [1.165, 1.54) is 7.11 Å². The second-order valence-electron chi connectivity index (χ2n) is 5.45. The smallest absolute Gasteiger partial charge is 0.338 e. The van der Waals surface area contributed by atoms with Gasteiger partial charge in [0, 0.05) is 12.7 Å². The number of benzene rings is 1. The molecule has 0 amide bonds. The topological polar surface area (TPSA) is 77.1 Å². The van der Waals surface area contributed by atoms with Gasteiger partial charge in [-0.3, -0.25) is 0 Å². The van der Waals surface area contributed by atoms with E-state index >= 15 is 0 Å². The van der Waals surface area contributed by atoms with Gasteiger partial charge in [0.25, 0.3) is 0 Å². The Morgan fingerprint density at radius 1 is 1.27 bits per heavy atom. The summed E-state index contributed by atoms with van der Waals surface area (Å²) in [5, 5.41) is 8.16. The molecule has 0 aliphatic heterocycles. The van der Waals surface area contributed by atoms with Gasteiger partial charge in [-0.15, -0.1) is 10.2 Å². The maximum atomic E-state index is 12.1. The summed E-state index contributed by atoms with van der Waals surface area (Å²) in [6, 6.07) is 3.82. The van der Waals surface area contributed by atoms with Crippen molar-refractivity contribution in [2.45, 2.75) is 33.3 Å². The molecule has 1 heterocycles. The Morgan fingerprint density at radius 3 is 2.59 bits per heavy atom. The lowest BCUT2D eigenvalue weighted by Gasteiger charge is -2.14. The van der Waals surface area contributed by atoms with Crippen LogP contribution in [0.3, 0.4) is 0 Å². The lowest BCUT2D eigenvalue weighted by atomic mass is 9.92. The summed E-state index contributed by atoms with van der Waals surface area (Å²) in [6.07, 6.45) is 0. The molecule has 0 saturated heterocycles. The Bertz CT molecular complexity index is 677. The van der Waals surface area contributed by atoms with Crippen LogP contribution in [0.25, 0.3) is 11.4 Å². The molecular weight excluding hydrogens is 282 g/mol. The van der Waals surface area contributed by atoms with E-state index in [-0.39, 0.29) is 11.9 Å². The van der Waals surface area contributed by atoms with Crippen LogP contribution in [0.2, 0.25) is 0 Å². The van der Waals surface area contributed by atoms with Crippen LogP contribution in [0.15, 0.2) is 12.1 Å². The number of hydrogen-bond donors (Lipinski definition) is 1. The third kappa shape index (κ3) is 3.17. The molecule has 1 N–H and O–H groups in total. The molecule has 0 spiro atoms. The second kappa shape index (κ2) is 6.70. The normalized spacial score (nSPS) is 11.0. The number of nitrogens with one attached hydrogen (secondary N) is 1. The van der Waals surface area contributed by atoms with Gasteiger partial charge >= 0.3 is 5.97 Å². The molecular formula is C16H21N3O3. The van der Waals surface area contributed by atoms with Crippen LogP contribution in [0.4, 0.5) is 0 Å². The zero-order chi connectivity index (χ0) is 16.3. The molecule has 0 radical (unpaired) electrons. The average Bonchev–Trinajstić information content (AvgIpc) is 2.94. The maximum absolute atomic E-state index is 12.1. The number of esters is 1. The van der Waals surface area contributed by atoms with E-state index in [0.717, 1.165) is 16.7 Å². The summed E-state index contributed by atoms with van der Waals surface area (Å²) in [7, 11) is 2.98. The summed E-state index contributed by atoms with van der Waals surface area (Å²) < 4.78 is 9.93. The van der Waals surface area contributed by atoms with E-state index in [9.17, 15) is 4.79 Å². The zero-order valence-electron chi connectivity index (χ0n) is 13.6. The predicted octanol–water partition coefficient (Wildman–Crippen LogP) is 2.84. The average molecular weight is 303 g/mol. The summed E-state index contributed by atoms with van der Waals surface area (Å²) in [6.45, 7) is 6.44. The monoisotopic (exact) mass is 303 g/mol. The van der Waals surface area contributed by atoms with Crippen molar-refractivity contribution in [1.29, 1.82) is 0 Å². The van der Waals surface area contributed by atoms with E-state index in [1.807, 2.05) is 32.9 Å². The molecule has 1 aromatic heterocycles. The molecule has 22 heavy (non-hydrogen) atoms. The van der Waals surface area contributed by atoms with Gasteiger partial charge < -0.3 is 14.5 Å². The quantitative estimate of drug-likeness (QED) is 0.859. The molecule has 6 nitrogen and oxygen atoms in total. The molecule has 0 saturated carbocycles. The van der Waals surface area contributed by atoms with Crippen molar-refractivity contribution in [2.24, 2.45) is 0 Å². The number of carbonyl (C=O) groups is 1. The third-order valence-electron chi connectivity index (χ3n) is 3.49. The number of aromatic amines is 1. The first kappa shape index (κ1) is 16.2. The van der Waals surface area contributed by atoms with Crippen molar-refractivity contribution >= 4 is 5.97 Å². The molecule has 0 aliphatic carbocycles. The van der Waals surface area contributed by atoms with Crippen molar-refractivity contribution < 1.29 is 14.3 Å². The fraction of sp³-hybridized carbons (Fsp3) is 0.438. The summed E-state index contributed by atoms with van der Waals surface area (Å²) in [4.78, 5) is 15.2. The Balaban J connectivity index is 2.53. The van der Waals surface area contributed by atoms with Crippen LogP contribution in [0, 0.1) is 6.92 Å². The van der Waals surface area contributed by atoms with Gasteiger partial charge in [-0.1, -0.05) is 19.9 Å². The number of carbonyl (C=O) groups excluding carboxylic acids is 1. The van der Waals surface area contributed by atoms with Crippen molar-refractivity contribution in [3.8, 4) is 11.4 Å². The molecule has 0 unspecified atom stereocenters. The largest absolute Gasteiger partial charge is 0.465 e. The second-order valence-corrected chi connectivity index (χ2v) is 5.45. The van der Waals surface area contributed by atoms with Crippen molar-refractivity contribution in [2.75, 3.05) is 14.2 Å². The maximum Gasteiger partial charge on any atom is 0.338 e. The molecule has 6 heteroatoms. The summed E-state index contributed by atoms with van der Waals surface area (Å²) >= 11 is 0. The number of nitrogens with zero attached hydrogens (tertiary/aromatic N) is 2. The minimum atomic E-state index is -0.346. The van der Waals surface area contributed by atoms with Gasteiger partial charge in [0.2, 0.25) is 0 Å². The van der Waals surface area contributed by atoms with Crippen LogP contribution in [-0.2, 0) is 16.1 Å². The number of aromatic nitrogens is 3. The molecule has 0 aliphatic rings. The highest BCUT2D eigenvalue weighted by atomic mass is 16.5. The van der Waals surface area contributed by atoms with Gasteiger partial charge in [0.15, 0.2) is 11.6 Å². The minimum Gasteiger partial charge on any atom is -0.465 e.